The fourth-order valence-electron chi connectivity index (χ4n) is 1.89. The summed E-state index contributed by atoms with van der Waals surface area (Å²) in [6.07, 6.45) is 0. The van der Waals surface area contributed by atoms with Gasteiger partial charge >= 0.3 is 5.97 Å². The van der Waals surface area contributed by atoms with E-state index in [1.54, 1.807) is 25.1 Å². The molecule has 1 aromatic carbocycles. The number of ether oxygens (including phenoxy) is 1. The lowest BCUT2D eigenvalue weighted by molar-refractivity contribution is 0.0519. The summed E-state index contributed by atoms with van der Waals surface area (Å²) in [5, 5.41) is 9.36. The van der Waals surface area contributed by atoms with E-state index >= 15 is 0 Å². The summed E-state index contributed by atoms with van der Waals surface area (Å²) in [6, 6.07) is 16.6. The van der Waals surface area contributed by atoms with Gasteiger partial charge in [0.1, 0.15) is 11.6 Å². The van der Waals surface area contributed by atoms with Crippen LogP contribution in [0.3, 0.4) is 0 Å². The van der Waals surface area contributed by atoms with Crippen molar-refractivity contribution in [2.24, 2.45) is 0 Å². The van der Waals surface area contributed by atoms with Crippen molar-refractivity contribution < 1.29 is 9.53 Å². The number of hydrogen-bond acceptors (Lipinski definition) is 4. The van der Waals surface area contributed by atoms with E-state index in [0.29, 0.717) is 12.3 Å². The molecule has 4 nitrogen and oxygen atoms in total. The van der Waals surface area contributed by atoms with Gasteiger partial charge in [-0.1, -0.05) is 36.4 Å². The number of benzene rings is 1. The molecule has 4 heteroatoms. The molecule has 1 atom stereocenters. The Hall–Kier alpha value is -2.67. The van der Waals surface area contributed by atoms with Gasteiger partial charge in [-0.25, -0.2) is 9.78 Å². The van der Waals surface area contributed by atoms with Gasteiger partial charge in [0.15, 0.2) is 0 Å². The Morgan fingerprint density at radius 3 is 2.65 bits per heavy atom. The van der Waals surface area contributed by atoms with Crippen LogP contribution in [0.5, 0.6) is 0 Å². The van der Waals surface area contributed by atoms with E-state index < -0.39 is 11.9 Å². The maximum Gasteiger partial charge on any atom is 0.356 e. The van der Waals surface area contributed by atoms with Crippen LogP contribution < -0.4 is 0 Å². The van der Waals surface area contributed by atoms with Crippen LogP contribution in [0, 0.1) is 11.3 Å². The summed E-state index contributed by atoms with van der Waals surface area (Å²) >= 11 is 0. The van der Waals surface area contributed by atoms with Crippen molar-refractivity contribution in [3.63, 3.8) is 0 Å². The standard InChI is InChI=1S/C16H14N2O2/c1-2-20-16(19)15-10-6-9-14(18-15)13(11-17)12-7-4-3-5-8-12/h3-10,13H,2H2,1H3/t13-/m0/s1. The molecule has 0 unspecified atom stereocenters. The molecule has 0 saturated heterocycles. The van der Waals surface area contributed by atoms with E-state index in [9.17, 15) is 10.1 Å². The predicted octanol–water partition coefficient (Wildman–Crippen LogP) is 2.91. The third-order valence-electron chi connectivity index (χ3n) is 2.81. The Balaban J connectivity index is 2.35. The van der Waals surface area contributed by atoms with Crippen LogP contribution in [0.1, 0.15) is 34.6 Å². The van der Waals surface area contributed by atoms with Crippen LogP contribution in [0.2, 0.25) is 0 Å². The second-order valence-electron chi connectivity index (χ2n) is 4.14. The number of carbonyl (C=O) groups is 1. The molecule has 0 spiro atoms. The Labute approximate surface area is 117 Å². The van der Waals surface area contributed by atoms with Gasteiger partial charge < -0.3 is 4.74 Å². The van der Waals surface area contributed by atoms with Crippen LogP contribution in [0.25, 0.3) is 0 Å². The first kappa shape index (κ1) is 13.8. The lowest BCUT2D eigenvalue weighted by Gasteiger charge is -2.10. The molecule has 2 rings (SSSR count). The van der Waals surface area contributed by atoms with Crippen molar-refractivity contribution >= 4 is 5.97 Å². The summed E-state index contributed by atoms with van der Waals surface area (Å²) in [7, 11) is 0. The maximum absolute atomic E-state index is 11.7. The number of rotatable bonds is 4. The van der Waals surface area contributed by atoms with Crippen LogP contribution in [-0.2, 0) is 4.74 Å². The molecule has 1 aromatic heterocycles. The van der Waals surface area contributed by atoms with Gasteiger partial charge in [0, 0.05) is 0 Å². The van der Waals surface area contributed by atoms with Gasteiger partial charge in [0.05, 0.1) is 18.4 Å². The molecular formula is C16H14N2O2. The van der Waals surface area contributed by atoms with E-state index in [-0.39, 0.29) is 5.69 Å². The fraction of sp³-hybridized carbons (Fsp3) is 0.188. The minimum atomic E-state index is -0.495. The summed E-state index contributed by atoms with van der Waals surface area (Å²) in [6.45, 7) is 2.04. The highest BCUT2D eigenvalue weighted by Gasteiger charge is 2.17. The number of carbonyl (C=O) groups excluding carboxylic acids is 1. The molecule has 20 heavy (non-hydrogen) atoms. The molecule has 0 fully saturated rings. The van der Waals surface area contributed by atoms with Crippen LogP contribution in [0.4, 0.5) is 0 Å². The first-order valence-corrected chi connectivity index (χ1v) is 6.35. The van der Waals surface area contributed by atoms with E-state index in [4.69, 9.17) is 4.74 Å². The van der Waals surface area contributed by atoms with Crippen molar-refractivity contribution in [1.29, 1.82) is 5.26 Å². The van der Waals surface area contributed by atoms with Gasteiger partial charge in [-0.15, -0.1) is 0 Å². The van der Waals surface area contributed by atoms with E-state index in [0.717, 1.165) is 5.56 Å². The fourth-order valence-corrected chi connectivity index (χ4v) is 1.89. The van der Waals surface area contributed by atoms with Crippen molar-refractivity contribution in [2.75, 3.05) is 6.61 Å². The van der Waals surface area contributed by atoms with Gasteiger partial charge in [0.2, 0.25) is 0 Å². The zero-order chi connectivity index (χ0) is 14.4. The summed E-state index contributed by atoms with van der Waals surface area (Å²) in [5.74, 6) is -0.968. The number of nitriles is 1. The second kappa shape index (κ2) is 6.48. The van der Waals surface area contributed by atoms with Crippen LogP contribution in [-0.4, -0.2) is 17.6 Å². The quantitative estimate of drug-likeness (QED) is 0.798. The molecule has 0 aliphatic rings. The molecule has 100 valence electrons. The largest absolute Gasteiger partial charge is 0.461 e. The highest BCUT2D eigenvalue weighted by molar-refractivity contribution is 5.87. The SMILES string of the molecule is CCOC(=O)c1cccc([C@@H](C#N)c2ccccc2)n1. The zero-order valence-electron chi connectivity index (χ0n) is 11.1. The van der Waals surface area contributed by atoms with Gasteiger partial charge in [-0.3, -0.25) is 0 Å². The number of aromatic nitrogens is 1. The van der Waals surface area contributed by atoms with E-state index in [1.807, 2.05) is 30.3 Å². The number of nitrogens with zero attached hydrogens (tertiary/aromatic N) is 2. The average molecular weight is 266 g/mol. The van der Waals surface area contributed by atoms with Gasteiger partial charge in [0.25, 0.3) is 0 Å². The third kappa shape index (κ3) is 3.01. The molecule has 0 bridgehead atoms. The van der Waals surface area contributed by atoms with Crippen LogP contribution >= 0.6 is 0 Å². The lowest BCUT2D eigenvalue weighted by atomic mass is 9.96. The Bertz CT molecular complexity index is 632. The van der Waals surface area contributed by atoms with Gasteiger partial charge in [-0.2, -0.15) is 5.26 Å². The molecule has 0 aliphatic heterocycles. The molecular weight excluding hydrogens is 252 g/mol. The first-order valence-electron chi connectivity index (χ1n) is 6.35. The van der Waals surface area contributed by atoms with E-state index in [2.05, 4.69) is 11.1 Å². The summed E-state index contributed by atoms with van der Waals surface area (Å²) in [4.78, 5) is 15.9. The van der Waals surface area contributed by atoms with E-state index in [1.165, 1.54) is 0 Å². The van der Waals surface area contributed by atoms with Crippen LogP contribution in [0.15, 0.2) is 48.5 Å². The smallest absolute Gasteiger partial charge is 0.356 e. The Kier molecular flexibility index (Phi) is 4.46. The molecule has 0 amide bonds. The number of pyridine rings is 1. The van der Waals surface area contributed by atoms with Crippen molar-refractivity contribution in [2.45, 2.75) is 12.8 Å². The predicted molar refractivity (Wildman–Crippen MR) is 74.1 cm³/mol. The normalized spacial score (nSPS) is 11.4. The summed E-state index contributed by atoms with van der Waals surface area (Å²) < 4.78 is 4.92. The zero-order valence-corrected chi connectivity index (χ0v) is 11.1. The minimum Gasteiger partial charge on any atom is -0.461 e. The number of hydrogen-bond donors (Lipinski definition) is 0. The summed E-state index contributed by atoms with van der Waals surface area (Å²) in [5.41, 5.74) is 1.62. The molecule has 0 N–H and O–H groups in total. The highest BCUT2D eigenvalue weighted by atomic mass is 16.5. The number of esters is 1. The average Bonchev–Trinajstić information content (AvgIpc) is 2.50. The monoisotopic (exact) mass is 266 g/mol. The van der Waals surface area contributed by atoms with Gasteiger partial charge in [-0.05, 0) is 24.6 Å². The maximum atomic E-state index is 11.7. The van der Waals surface area contributed by atoms with Crippen molar-refractivity contribution in [3.05, 3.63) is 65.5 Å². The first-order chi connectivity index (χ1) is 9.76. The van der Waals surface area contributed by atoms with Crippen molar-refractivity contribution in [3.8, 4) is 6.07 Å². The van der Waals surface area contributed by atoms with Crippen molar-refractivity contribution in [1.82, 2.24) is 4.98 Å². The molecule has 0 radical (unpaired) electrons. The Morgan fingerprint density at radius 1 is 1.25 bits per heavy atom. The molecule has 2 aromatic rings. The highest BCUT2D eigenvalue weighted by Crippen LogP contribution is 2.22. The third-order valence-corrected chi connectivity index (χ3v) is 2.81. The lowest BCUT2D eigenvalue weighted by Crippen LogP contribution is -2.10. The second-order valence-corrected chi connectivity index (χ2v) is 4.14. The minimum absolute atomic E-state index is 0.223. The topological polar surface area (TPSA) is 63.0 Å². The molecule has 1 heterocycles. The molecule has 0 aliphatic carbocycles. The Morgan fingerprint density at radius 2 is 2.00 bits per heavy atom. The molecule has 0 saturated carbocycles.